The van der Waals surface area contributed by atoms with Gasteiger partial charge >= 0.3 is 0 Å². The standard InChI is InChI=1S/C49H57N9O7S2/c1-7-30-25-66-48(51-30)56-42(27(2)3)46(63)58-24-32(65-40-22-37(38-26-67-47(55-38)50-28(4)5)52-36-20-31(64-6)18-19-33(36)40)21-39(58)44(61)57-49-23-29(49)14-10-8-9-11-17-41(59)53-34-15-12-13-16-35(34)54-45(62)43(49)60/h10,12-16,18-20,22,25-29,32,39,42H,7-9,11,17,21,23-24H2,1-6H3,(H,50,55)(H,51,56)(H,53,59)(H,54,62)(H,57,61)/b14-10+/t29-,32+,39+,42?,49+/m1/s1. The third-order valence-corrected chi connectivity index (χ3v) is 13.8. The number of carbonyl (C=O) groups excluding carboxylic acids is 5. The van der Waals surface area contributed by atoms with Crippen molar-refractivity contribution >= 4 is 84.6 Å². The normalized spacial score (nSPS) is 21.9. The van der Waals surface area contributed by atoms with E-state index in [1.165, 1.54) is 27.6 Å². The maximum atomic E-state index is 15.0. The molecule has 2 aromatic carbocycles. The Bertz CT molecular complexity index is 2700. The number of para-hydroxylation sites is 2. The molecule has 1 aliphatic carbocycles. The van der Waals surface area contributed by atoms with E-state index in [-0.39, 0.29) is 48.8 Å². The van der Waals surface area contributed by atoms with E-state index in [9.17, 15) is 24.0 Å². The van der Waals surface area contributed by atoms with Crippen LogP contribution in [0.4, 0.5) is 21.6 Å². The fourth-order valence-electron chi connectivity index (χ4n) is 8.54. The number of amides is 4. The number of Topliss-reactive ketones (excluding diaryl/α,β-unsaturated/α-hetero) is 1. The number of pyridine rings is 1. The molecule has 5 N–H and O–H groups in total. The molecule has 67 heavy (non-hydrogen) atoms. The van der Waals surface area contributed by atoms with E-state index < -0.39 is 47.2 Å². The molecule has 4 amide bonds. The molecular formula is C49H57N9O7S2. The van der Waals surface area contributed by atoms with Crippen LogP contribution in [-0.2, 0) is 30.4 Å². The lowest BCUT2D eigenvalue weighted by Gasteiger charge is -2.31. The lowest BCUT2D eigenvalue weighted by atomic mass is 10.0. The van der Waals surface area contributed by atoms with Crippen LogP contribution in [0.15, 0.2) is 71.4 Å². The highest BCUT2D eigenvalue weighted by atomic mass is 32.1. The molecule has 3 aromatic heterocycles. The number of thiazole rings is 2. The minimum Gasteiger partial charge on any atom is -0.497 e. The van der Waals surface area contributed by atoms with Crippen LogP contribution in [0.1, 0.15) is 78.8 Å². The summed E-state index contributed by atoms with van der Waals surface area (Å²) in [5.41, 5.74) is 1.78. The molecule has 2 aliphatic heterocycles. The van der Waals surface area contributed by atoms with Crippen LogP contribution in [0, 0.1) is 11.8 Å². The molecule has 3 aliphatic rings. The molecule has 352 valence electrons. The number of rotatable bonds is 13. The van der Waals surface area contributed by atoms with Crippen LogP contribution in [0.25, 0.3) is 22.3 Å². The highest BCUT2D eigenvalue weighted by molar-refractivity contribution is 7.14. The van der Waals surface area contributed by atoms with E-state index in [0.29, 0.717) is 63.9 Å². The number of aryl methyl sites for hydroxylation is 1. The predicted molar refractivity (Wildman–Crippen MR) is 262 cm³/mol. The minimum atomic E-state index is -1.57. The van der Waals surface area contributed by atoms with Gasteiger partial charge in [-0.25, -0.2) is 15.0 Å². The van der Waals surface area contributed by atoms with Crippen molar-refractivity contribution in [2.45, 2.75) is 109 Å². The van der Waals surface area contributed by atoms with Gasteiger partial charge in [0, 0.05) is 53.1 Å². The van der Waals surface area contributed by atoms with Crippen molar-refractivity contribution < 1.29 is 33.4 Å². The van der Waals surface area contributed by atoms with Crippen LogP contribution in [-0.4, -0.2) is 92.7 Å². The van der Waals surface area contributed by atoms with Gasteiger partial charge in [-0.3, -0.25) is 24.0 Å². The quantitative estimate of drug-likeness (QED) is 0.0566. The Kier molecular flexibility index (Phi) is 14.2. The summed E-state index contributed by atoms with van der Waals surface area (Å²) in [6, 6.07) is 12.4. The van der Waals surface area contributed by atoms with Gasteiger partial charge in [-0.05, 0) is 76.1 Å². The molecular weight excluding hydrogens is 891 g/mol. The average molecular weight is 948 g/mol. The van der Waals surface area contributed by atoms with Gasteiger partial charge in [-0.15, -0.1) is 22.7 Å². The zero-order valence-corrected chi connectivity index (χ0v) is 40.1. The third-order valence-electron chi connectivity index (χ3n) is 12.2. The fraction of sp³-hybridized carbons (Fsp3) is 0.429. The summed E-state index contributed by atoms with van der Waals surface area (Å²) < 4.78 is 12.4. The first-order chi connectivity index (χ1) is 32.2. The summed E-state index contributed by atoms with van der Waals surface area (Å²) in [6.07, 6.45) is 6.45. The molecule has 2 fully saturated rings. The topological polar surface area (TPSA) is 206 Å². The smallest absolute Gasteiger partial charge is 0.294 e. The molecule has 18 heteroatoms. The number of hydrogen-bond donors (Lipinski definition) is 5. The van der Waals surface area contributed by atoms with Crippen LogP contribution in [0.3, 0.4) is 0 Å². The van der Waals surface area contributed by atoms with E-state index in [1.807, 2.05) is 81.8 Å². The number of allylic oxidation sites excluding steroid dienone is 1. The molecule has 1 saturated carbocycles. The number of hydrogen-bond acceptors (Lipinski definition) is 14. The Hall–Kier alpha value is -6.40. The Morgan fingerprint density at radius 1 is 0.925 bits per heavy atom. The third kappa shape index (κ3) is 10.6. The van der Waals surface area contributed by atoms with Crippen molar-refractivity contribution in [3.63, 3.8) is 0 Å². The lowest BCUT2D eigenvalue weighted by molar-refractivity contribution is -0.142. The Balaban J connectivity index is 1.12. The van der Waals surface area contributed by atoms with Crippen molar-refractivity contribution in [1.29, 1.82) is 0 Å². The molecule has 1 saturated heterocycles. The first-order valence-corrected chi connectivity index (χ1v) is 24.6. The van der Waals surface area contributed by atoms with Gasteiger partial charge < -0.3 is 41.0 Å². The van der Waals surface area contributed by atoms with Gasteiger partial charge in [0.15, 0.2) is 10.3 Å². The molecule has 5 heterocycles. The van der Waals surface area contributed by atoms with Crippen LogP contribution in [0.2, 0.25) is 0 Å². The summed E-state index contributed by atoms with van der Waals surface area (Å²) in [4.78, 5) is 86.9. The van der Waals surface area contributed by atoms with Crippen molar-refractivity contribution in [3.8, 4) is 22.9 Å². The molecule has 0 radical (unpaired) electrons. The number of ether oxygens (including phenoxy) is 2. The minimum absolute atomic E-state index is 0.0433. The summed E-state index contributed by atoms with van der Waals surface area (Å²) in [5.74, 6) is -2.47. The monoisotopic (exact) mass is 947 g/mol. The van der Waals surface area contributed by atoms with E-state index in [4.69, 9.17) is 19.4 Å². The van der Waals surface area contributed by atoms with Crippen LogP contribution >= 0.6 is 22.7 Å². The van der Waals surface area contributed by atoms with Gasteiger partial charge in [0.2, 0.25) is 23.5 Å². The molecule has 0 spiro atoms. The van der Waals surface area contributed by atoms with E-state index in [2.05, 4.69) is 31.6 Å². The van der Waals surface area contributed by atoms with E-state index in [0.717, 1.165) is 23.7 Å². The second kappa shape index (κ2) is 20.2. The number of ketones is 1. The van der Waals surface area contributed by atoms with E-state index in [1.54, 1.807) is 31.4 Å². The zero-order valence-electron chi connectivity index (χ0n) is 38.5. The van der Waals surface area contributed by atoms with E-state index >= 15 is 0 Å². The second-order valence-electron chi connectivity index (χ2n) is 17.9. The molecule has 5 atom stereocenters. The Morgan fingerprint density at radius 2 is 1.69 bits per heavy atom. The van der Waals surface area contributed by atoms with Gasteiger partial charge in [0.1, 0.15) is 40.9 Å². The van der Waals surface area contributed by atoms with Gasteiger partial charge in [0.05, 0.1) is 41.9 Å². The fourth-order valence-corrected chi connectivity index (χ4v) is 10.2. The number of anilines is 4. The molecule has 5 aromatic rings. The van der Waals surface area contributed by atoms with Gasteiger partial charge in [0.25, 0.3) is 5.91 Å². The van der Waals surface area contributed by atoms with Crippen molar-refractivity contribution in [1.82, 2.24) is 25.2 Å². The maximum Gasteiger partial charge on any atom is 0.294 e. The lowest BCUT2D eigenvalue weighted by Crippen LogP contribution is -2.57. The van der Waals surface area contributed by atoms with Gasteiger partial charge in [-0.2, -0.15) is 0 Å². The number of benzene rings is 2. The SMILES string of the molecule is CCc1csc(NC(C(=O)N2C[C@@H](Oc3cc(-c4csc(NC(C)C)n4)nc4cc(OC)ccc34)C[C@H]2C(=O)N[C@@]23C[C@H]2/C=C/CCCCC(=O)Nc2ccccc2NC(=O)C3=O)C(C)C)n1. The summed E-state index contributed by atoms with van der Waals surface area (Å²) in [7, 11) is 1.59. The van der Waals surface area contributed by atoms with Gasteiger partial charge in [-0.1, -0.05) is 45.1 Å². The first kappa shape index (κ1) is 47.1. The van der Waals surface area contributed by atoms with Crippen molar-refractivity contribution in [2.24, 2.45) is 11.8 Å². The molecule has 8 rings (SSSR count). The number of methoxy groups -OCH3 is 1. The Morgan fingerprint density at radius 3 is 2.42 bits per heavy atom. The number of carbonyl (C=O) groups is 5. The molecule has 16 nitrogen and oxygen atoms in total. The molecule has 0 bridgehead atoms. The summed E-state index contributed by atoms with van der Waals surface area (Å²) in [6.45, 7) is 10.0. The predicted octanol–water partition coefficient (Wildman–Crippen LogP) is 7.84. The highest BCUT2D eigenvalue weighted by Gasteiger charge is 2.62. The summed E-state index contributed by atoms with van der Waals surface area (Å²) >= 11 is 2.88. The number of likely N-dealkylation sites (tertiary alicyclic amines) is 1. The maximum absolute atomic E-state index is 15.0. The van der Waals surface area contributed by atoms with Crippen molar-refractivity contribution in [2.75, 3.05) is 34.9 Å². The molecule has 1 unspecified atom stereocenters. The largest absolute Gasteiger partial charge is 0.497 e. The second-order valence-corrected chi connectivity index (χ2v) is 19.6. The number of fused-ring (bicyclic) bond motifs is 3. The highest BCUT2D eigenvalue weighted by Crippen LogP contribution is 2.47. The Labute approximate surface area is 397 Å². The zero-order chi connectivity index (χ0) is 47.4. The van der Waals surface area contributed by atoms with Crippen molar-refractivity contribution in [3.05, 3.63) is 77.1 Å². The van der Waals surface area contributed by atoms with Crippen LogP contribution in [0.5, 0.6) is 11.5 Å². The number of nitrogens with zero attached hydrogens (tertiary/aromatic N) is 4. The first-order valence-electron chi connectivity index (χ1n) is 22.9. The summed E-state index contributed by atoms with van der Waals surface area (Å²) in [5, 5.41) is 21.2. The van der Waals surface area contributed by atoms with Crippen LogP contribution < -0.4 is 36.1 Å². The number of aromatic nitrogens is 3. The number of nitrogens with one attached hydrogen (secondary N) is 5. The average Bonchev–Trinajstić information content (AvgIpc) is 3.70.